The predicted octanol–water partition coefficient (Wildman–Crippen LogP) is 6.78. The van der Waals surface area contributed by atoms with Crippen molar-refractivity contribution in [2.45, 2.75) is 6.92 Å². The van der Waals surface area contributed by atoms with Crippen molar-refractivity contribution in [3.05, 3.63) is 173 Å². The molecule has 1 N–H and O–H groups in total. The van der Waals surface area contributed by atoms with Crippen LogP contribution in [0.3, 0.4) is 0 Å². The fraction of sp³-hybridized carbons (Fsp3) is 0.0541. The van der Waals surface area contributed by atoms with E-state index in [4.69, 9.17) is 0 Å². The van der Waals surface area contributed by atoms with Gasteiger partial charge in [-0.1, -0.05) is 127 Å². The maximum Gasteiger partial charge on any atom is 0.231 e. The third kappa shape index (κ3) is 6.59. The number of nitrogens with one attached hydrogen (secondary N) is 1. The Bertz CT molecular complexity index is 1630. The van der Waals surface area contributed by atoms with Crippen LogP contribution in [0.2, 0.25) is 0 Å². The van der Waals surface area contributed by atoms with Crippen LogP contribution in [0, 0.1) is 0 Å². The summed E-state index contributed by atoms with van der Waals surface area (Å²) in [4.78, 5) is 41.1. The fourth-order valence-electron chi connectivity index (χ4n) is 5.09. The van der Waals surface area contributed by atoms with E-state index in [9.17, 15) is 14.4 Å². The van der Waals surface area contributed by atoms with Gasteiger partial charge < -0.3 is 5.32 Å². The highest BCUT2D eigenvalue weighted by molar-refractivity contribution is 8.05. The molecule has 6 heteroatoms. The molecule has 43 heavy (non-hydrogen) atoms. The summed E-state index contributed by atoms with van der Waals surface area (Å²) in [5.41, 5.74) is 1.07. The fourth-order valence-corrected chi connectivity index (χ4v) is 10.9. The van der Waals surface area contributed by atoms with Gasteiger partial charge >= 0.3 is 0 Å². The average molecular weight is 601 g/mol. The van der Waals surface area contributed by atoms with Crippen molar-refractivity contribution in [3.8, 4) is 0 Å². The maximum atomic E-state index is 15.0. The lowest BCUT2D eigenvalue weighted by Gasteiger charge is -2.30. The van der Waals surface area contributed by atoms with E-state index < -0.39 is 7.26 Å². The molecule has 0 saturated carbocycles. The van der Waals surface area contributed by atoms with Gasteiger partial charge in [0.1, 0.15) is 20.9 Å². The van der Waals surface area contributed by atoms with Crippen molar-refractivity contribution < 1.29 is 14.4 Å². The first kappa shape index (κ1) is 29.9. The van der Waals surface area contributed by atoms with Crippen LogP contribution >= 0.6 is 19.0 Å². The molecule has 0 aliphatic heterocycles. The number of ketones is 2. The summed E-state index contributed by atoms with van der Waals surface area (Å²) in [6.07, 6.45) is 0. The molecule has 0 unspecified atom stereocenters. The topological polar surface area (TPSA) is 63.2 Å². The van der Waals surface area contributed by atoms with Gasteiger partial charge in [0.25, 0.3) is 0 Å². The molecule has 0 aromatic heterocycles. The van der Waals surface area contributed by atoms with Gasteiger partial charge in [-0.2, -0.15) is 0 Å². The lowest BCUT2D eigenvalue weighted by atomic mass is 10.1. The Morgan fingerprint density at radius 2 is 0.930 bits per heavy atom. The standard InChI is InChI=1S/C37H30NO3PS/c1-28(39)38-37(43-27-34(40)29-17-7-2-8-18-29)36(35(41)30-19-9-3-10-20-30)42(31-21-11-4-12-22-31,32-23-13-5-14-24-32)33-25-15-6-16-26-33/h2-26H,27H2,1H3/p+1. The third-order valence-electron chi connectivity index (χ3n) is 6.96. The van der Waals surface area contributed by atoms with Crippen molar-refractivity contribution in [2.24, 2.45) is 0 Å². The number of hydrogen-bond donors (Lipinski definition) is 1. The van der Waals surface area contributed by atoms with Crippen molar-refractivity contribution in [3.63, 3.8) is 0 Å². The highest BCUT2D eigenvalue weighted by atomic mass is 32.2. The molecule has 0 bridgehead atoms. The number of carbonyl (C=O) groups is 3. The van der Waals surface area contributed by atoms with Gasteiger partial charge in [0.2, 0.25) is 11.7 Å². The van der Waals surface area contributed by atoms with E-state index in [2.05, 4.69) is 41.7 Å². The number of hydrogen-bond acceptors (Lipinski definition) is 4. The van der Waals surface area contributed by atoms with Crippen molar-refractivity contribution >= 4 is 52.4 Å². The number of Topliss-reactive ketones (excluding diaryl/α,β-unsaturated/α-hetero) is 2. The van der Waals surface area contributed by atoms with E-state index >= 15 is 0 Å². The van der Waals surface area contributed by atoms with Crippen molar-refractivity contribution in [2.75, 3.05) is 5.75 Å². The van der Waals surface area contributed by atoms with Crippen LogP contribution in [0.4, 0.5) is 0 Å². The first-order valence-electron chi connectivity index (χ1n) is 13.9. The SMILES string of the molecule is CC(=O)N/C(SCC(=O)c1ccccc1)=C(/C(=O)c1ccccc1)[P+](c1ccccc1)(c1ccccc1)c1ccccc1. The number of allylic oxidation sites excluding steroid dienone is 1. The number of rotatable bonds is 11. The smallest absolute Gasteiger partial charge is 0.231 e. The lowest BCUT2D eigenvalue weighted by molar-refractivity contribution is -0.118. The number of amides is 1. The van der Waals surface area contributed by atoms with Crippen LogP contribution in [0.15, 0.2) is 162 Å². The van der Waals surface area contributed by atoms with Gasteiger partial charge in [-0.05, 0) is 36.4 Å². The molecular weight excluding hydrogens is 569 g/mol. The number of thioether (sulfide) groups is 1. The van der Waals surface area contributed by atoms with Gasteiger partial charge in [-0.3, -0.25) is 14.4 Å². The van der Waals surface area contributed by atoms with Gasteiger partial charge in [-0.25, -0.2) is 0 Å². The molecule has 5 rings (SSSR count). The summed E-state index contributed by atoms with van der Waals surface area (Å²) in [7, 11) is -2.95. The molecule has 0 spiro atoms. The summed E-state index contributed by atoms with van der Waals surface area (Å²) >= 11 is 1.20. The summed E-state index contributed by atoms with van der Waals surface area (Å²) in [5.74, 6) is -0.568. The van der Waals surface area contributed by atoms with Crippen LogP contribution in [-0.4, -0.2) is 23.2 Å². The summed E-state index contributed by atoms with van der Waals surface area (Å²) in [6.45, 7) is 1.43. The van der Waals surface area contributed by atoms with Crippen LogP contribution in [0.1, 0.15) is 27.6 Å². The molecule has 0 radical (unpaired) electrons. The average Bonchev–Trinajstić information content (AvgIpc) is 3.07. The van der Waals surface area contributed by atoms with E-state index in [1.54, 1.807) is 24.3 Å². The maximum absolute atomic E-state index is 15.0. The number of benzene rings is 5. The zero-order valence-corrected chi connectivity index (χ0v) is 25.4. The van der Waals surface area contributed by atoms with E-state index in [0.29, 0.717) is 21.5 Å². The Morgan fingerprint density at radius 1 is 0.558 bits per heavy atom. The molecule has 0 aliphatic carbocycles. The molecule has 5 aromatic rings. The molecule has 0 fully saturated rings. The summed E-state index contributed by atoms with van der Waals surface area (Å²) < 4.78 is 0. The lowest BCUT2D eigenvalue weighted by Crippen LogP contribution is -2.37. The first-order valence-corrected chi connectivity index (χ1v) is 16.7. The largest absolute Gasteiger partial charge is 0.318 e. The molecule has 212 valence electrons. The number of carbonyl (C=O) groups excluding carboxylic acids is 3. The van der Waals surface area contributed by atoms with Crippen molar-refractivity contribution in [1.82, 2.24) is 5.32 Å². The van der Waals surface area contributed by atoms with Crippen LogP contribution in [0.25, 0.3) is 0 Å². The zero-order valence-electron chi connectivity index (χ0n) is 23.7. The van der Waals surface area contributed by atoms with E-state index in [1.165, 1.54) is 18.7 Å². The zero-order chi connectivity index (χ0) is 30.1. The minimum atomic E-state index is -2.95. The summed E-state index contributed by atoms with van der Waals surface area (Å²) in [6, 6.07) is 48.2. The molecule has 4 nitrogen and oxygen atoms in total. The molecule has 0 aliphatic rings. The Hall–Kier alpha value is -4.57. The Kier molecular flexibility index (Phi) is 9.78. The minimum Gasteiger partial charge on any atom is -0.318 e. The second-order valence-corrected chi connectivity index (χ2v) is 14.1. The molecular formula is C37H31NO3PS+. The Balaban J connectivity index is 1.87. The van der Waals surface area contributed by atoms with E-state index in [1.807, 2.05) is 91.0 Å². The molecule has 0 heterocycles. The third-order valence-corrected chi connectivity index (χ3v) is 12.4. The monoisotopic (exact) mass is 600 g/mol. The van der Waals surface area contributed by atoms with Gasteiger partial charge in [0.05, 0.1) is 5.75 Å². The van der Waals surface area contributed by atoms with E-state index in [0.717, 1.165) is 15.9 Å². The summed E-state index contributed by atoms with van der Waals surface area (Å²) in [5, 5.41) is 6.76. The second-order valence-electron chi connectivity index (χ2n) is 9.81. The highest BCUT2D eigenvalue weighted by Gasteiger charge is 2.54. The minimum absolute atomic E-state index is 0.0452. The normalized spacial score (nSPS) is 11.7. The van der Waals surface area contributed by atoms with Crippen molar-refractivity contribution in [1.29, 1.82) is 0 Å². The highest BCUT2D eigenvalue weighted by Crippen LogP contribution is 2.64. The first-order chi connectivity index (χ1) is 21.0. The second kappa shape index (κ2) is 14.1. The van der Waals surface area contributed by atoms with Crippen LogP contribution < -0.4 is 21.2 Å². The Labute approximate surface area is 257 Å². The Morgan fingerprint density at radius 3 is 1.33 bits per heavy atom. The quantitative estimate of drug-likeness (QED) is 0.103. The van der Waals surface area contributed by atoms with Gasteiger partial charge in [0.15, 0.2) is 18.4 Å². The molecule has 0 atom stereocenters. The molecule has 5 aromatic carbocycles. The van der Waals surface area contributed by atoms with Gasteiger partial charge in [0, 0.05) is 18.1 Å². The molecule has 1 amide bonds. The van der Waals surface area contributed by atoms with E-state index in [-0.39, 0.29) is 23.2 Å². The van der Waals surface area contributed by atoms with Gasteiger partial charge in [-0.15, -0.1) is 0 Å². The van der Waals surface area contributed by atoms with Crippen LogP contribution in [0.5, 0.6) is 0 Å². The van der Waals surface area contributed by atoms with Crippen LogP contribution in [-0.2, 0) is 4.79 Å². The molecule has 0 saturated heterocycles. The predicted molar refractivity (Wildman–Crippen MR) is 180 cm³/mol.